The molecule has 3 rings (SSSR count). The first-order valence-electron chi connectivity index (χ1n) is 7.55. The van der Waals surface area contributed by atoms with Gasteiger partial charge in [0.05, 0.1) is 12.2 Å². The number of pyridine rings is 1. The fraction of sp³-hybridized carbons (Fsp3) is 0.400. The van der Waals surface area contributed by atoms with Crippen molar-refractivity contribution < 1.29 is 9.53 Å². The number of rotatable bonds is 5. The lowest BCUT2D eigenvalue weighted by atomic mass is 9.97. The molecule has 1 aliphatic rings. The molecule has 1 N–H and O–H groups in total. The number of unbranched alkanes of at least 4 members (excludes halogenated alkanes) is 1. The van der Waals surface area contributed by atoms with Gasteiger partial charge < -0.3 is 10.1 Å². The van der Waals surface area contributed by atoms with Crippen LogP contribution in [0.4, 0.5) is 5.95 Å². The van der Waals surface area contributed by atoms with Gasteiger partial charge in [-0.1, -0.05) is 24.5 Å². The third-order valence-corrected chi connectivity index (χ3v) is 3.67. The molecule has 0 spiro atoms. The van der Waals surface area contributed by atoms with Crippen molar-refractivity contribution in [1.29, 1.82) is 0 Å². The average molecular weight is 314 g/mol. The van der Waals surface area contributed by atoms with E-state index in [4.69, 9.17) is 4.74 Å². The van der Waals surface area contributed by atoms with Gasteiger partial charge in [-0.05, 0) is 35.4 Å². The summed E-state index contributed by atoms with van der Waals surface area (Å²) in [6, 6.07) is 3.25. The van der Waals surface area contributed by atoms with Gasteiger partial charge in [-0.25, -0.2) is 4.79 Å². The fourth-order valence-corrected chi connectivity index (χ4v) is 2.51. The number of allylic oxidation sites excluding steroid dienone is 1. The van der Waals surface area contributed by atoms with E-state index in [0.29, 0.717) is 23.8 Å². The first kappa shape index (κ1) is 15.1. The van der Waals surface area contributed by atoms with Gasteiger partial charge in [-0.3, -0.25) is 4.98 Å². The minimum absolute atomic E-state index is 0.363. The molecular weight excluding hydrogens is 296 g/mol. The number of tetrazole rings is 1. The third-order valence-electron chi connectivity index (χ3n) is 3.67. The van der Waals surface area contributed by atoms with Crippen molar-refractivity contribution in [3.05, 3.63) is 41.4 Å². The summed E-state index contributed by atoms with van der Waals surface area (Å²) in [5.74, 6) is 0.125. The van der Waals surface area contributed by atoms with Crippen LogP contribution in [0, 0.1) is 0 Å². The van der Waals surface area contributed by atoms with Crippen molar-refractivity contribution in [2.75, 3.05) is 11.9 Å². The van der Waals surface area contributed by atoms with E-state index >= 15 is 0 Å². The Morgan fingerprint density at radius 2 is 2.35 bits per heavy atom. The van der Waals surface area contributed by atoms with Crippen LogP contribution < -0.4 is 5.32 Å². The van der Waals surface area contributed by atoms with Gasteiger partial charge >= 0.3 is 5.97 Å². The van der Waals surface area contributed by atoms with Gasteiger partial charge in [0.1, 0.15) is 6.04 Å². The highest BCUT2D eigenvalue weighted by Crippen LogP contribution is 2.34. The SMILES string of the molecule is CCCCOC(=O)C1=C(C)Nc2nnnn2C1c1cccnc1. The van der Waals surface area contributed by atoms with Gasteiger partial charge in [-0.2, -0.15) is 4.68 Å². The molecule has 0 bridgehead atoms. The van der Waals surface area contributed by atoms with E-state index in [9.17, 15) is 4.79 Å². The molecule has 0 saturated heterocycles. The number of esters is 1. The van der Waals surface area contributed by atoms with E-state index in [1.165, 1.54) is 0 Å². The van der Waals surface area contributed by atoms with E-state index < -0.39 is 6.04 Å². The highest BCUT2D eigenvalue weighted by molar-refractivity contribution is 5.92. The Bertz CT molecular complexity index is 725. The Labute approximate surface area is 133 Å². The molecule has 0 aromatic carbocycles. The van der Waals surface area contributed by atoms with Crippen LogP contribution in [0.2, 0.25) is 0 Å². The van der Waals surface area contributed by atoms with Gasteiger partial charge in [0.2, 0.25) is 5.95 Å². The molecular formula is C15H18N6O2. The molecule has 1 unspecified atom stereocenters. The van der Waals surface area contributed by atoms with Crippen molar-refractivity contribution in [2.24, 2.45) is 0 Å². The van der Waals surface area contributed by atoms with Crippen LogP contribution in [-0.4, -0.2) is 37.8 Å². The average Bonchev–Trinajstić information content (AvgIpc) is 3.02. The summed E-state index contributed by atoms with van der Waals surface area (Å²) in [7, 11) is 0. The Kier molecular flexibility index (Phi) is 4.31. The maximum atomic E-state index is 12.6. The Morgan fingerprint density at radius 3 is 3.09 bits per heavy atom. The molecule has 8 heteroatoms. The second kappa shape index (κ2) is 6.55. The Morgan fingerprint density at radius 1 is 1.48 bits per heavy atom. The van der Waals surface area contributed by atoms with Crippen LogP contribution in [0.5, 0.6) is 0 Å². The summed E-state index contributed by atoms with van der Waals surface area (Å²) in [6.07, 6.45) is 5.18. The molecule has 3 heterocycles. The summed E-state index contributed by atoms with van der Waals surface area (Å²) >= 11 is 0. The molecule has 120 valence electrons. The van der Waals surface area contributed by atoms with E-state index in [0.717, 1.165) is 18.4 Å². The number of fused-ring (bicyclic) bond motifs is 1. The van der Waals surface area contributed by atoms with Crippen LogP contribution >= 0.6 is 0 Å². The van der Waals surface area contributed by atoms with Gasteiger partial charge in [0.15, 0.2) is 0 Å². The second-order valence-corrected chi connectivity index (χ2v) is 5.29. The van der Waals surface area contributed by atoms with Crippen molar-refractivity contribution in [3.63, 3.8) is 0 Å². The monoisotopic (exact) mass is 314 g/mol. The molecule has 8 nitrogen and oxygen atoms in total. The molecule has 0 fully saturated rings. The summed E-state index contributed by atoms with van der Waals surface area (Å²) in [5, 5.41) is 14.7. The first-order chi connectivity index (χ1) is 11.2. The van der Waals surface area contributed by atoms with E-state index in [-0.39, 0.29) is 5.97 Å². The molecule has 0 radical (unpaired) electrons. The largest absolute Gasteiger partial charge is 0.462 e. The normalized spacial score (nSPS) is 16.7. The number of nitrogens with one attached hydrogen (secondary N) is 1. The van der Waals surface area contributed by atoms with Crippen LogP contribution in [-0.2, 0) is 9.53 Å². The molecule has 2 aromatic rings. The second-order valence-electron chi connectivity index (χ2n) is 5.29. The number of nitrogens with zero attached hydrogens (tertiary/aromatic N) is 5. The number of hydrogen-bond acceptors (Lipinski definition) is 7. The highest BCUT2D eigenvalue weighted by Gasteiger charge is 2.34. The zero-order valence-corrected chi connectivity index (χ0v) is 13.1. The zero-order chi connectivity index (χ0) is 16.2. The smallest absolute Gasteiger partial charge is 0.338 e. The number of carbonyl (C=O) groups excluding carboxylic acids is 1. The minimum Gasteiger partial charge on any atom is -0.462 e. The van der Waals surface area contributed by atoms with Crippen molar-refractivity contribution >= 4 is 11.9 Å². The van der Waals surface area contributed by atoms with Crippen LogP contribution in [0.25, 0.3) is 0 Å². The molecule has 0 saturated carbocycles. The lowest BCUT2D eigenvalue weighted by Crippen LogP contribution is -2.29. The van der Waals surface area contributed by atoms with E-state index in [1.807, 2.05) is 26.0 Å². The molecule has 1 aliphatic heterocycles. The number of anilines is 1. The van der Waals surface area contributed by atoms with Crippen molar-refractivity contribution in [2.45, 2.75) is 32.7 Å². The van der Waals surface area contributed by atoms with Crippen LogP contribution in [0.3, 0.4) is 0 Å². The highest BCUT2D eigenvalue weighted by atomic mass is 16.5. The molecule has 0 aliphatic carbocycles. The van der Waals surface area contributed by atoms with Crippen LogP contribution in [0.15, 0.2) is 35.8 Å². The Hall–Kier alpha value is -2.77. The van der Waals surface area contributed by atoms with E-state index in [1.54, 1.807) is 17.1 Å². The number of ether oxygens (including phenoxy) is 1. The minimum atomic E-state index is -0.455. The van der Waals surface area contributed by atoms with Crippen molar-refractivity contribution in [3.8, 4) is 0 Å². The van der Waals surface area contributed by atoms with Crippen LogP contribution in [0.1, 0.15) is 38.3 Å². The standard InChI is InChI=1S/C15H18N6O2/c1-3-4-8-23-14(22)12-10(2)17-15-18-19-20-21(15)13(12)11-6-5-7-16-9-11/h5-7,9,13H,3-4,8H2,1-2H3,(H,17,18,20). The van der Waals surface area contributed by atoms with E-state index in [2.05, 4.69) is 25.8 Å². The molecule has 0 amide bonds. The van der Waals surface area contributed by atoms with Crippen molar-refractivity contribution in [1.82, 2.24) is 25.2 Å². The summed E-state index contributed by atoms with van der Waals surface area (Å²) in [5.41, 5.74) is 2.00. The lowest BCUT2D eigenvalue weighted by Gasteiger charge is -2.27. The fourth-order valence-electron chi connectivity index (χ4n) is 2.51. The topological polar surface area (TPSA) is 94.8 Å². The summed E-state index contributed by atoms with van der Waals surface area (Å²) in [6.45, 7) is 4.26. The lowest BCUT2D eigenvalue weighted by molar-refractivity contribution is -0.139. The van der Waals surface area contributed by atoms with Gasteiger partial charge in [0, 0.05) is 18.1 Å². The maximum absolute atomic E-state index is 12.6. The maximum Gasteiger partial charge on any atom is 0.338 e. The van der Waals surface area contributed by atoms with Gasteiger partial charge in [-0.15, -0.1) is 0 Å². The van der Waals surface area contributed by atoms with Gasteiger partial charge in [0.25, 0.3) is 0 Å². The first-order valence-corrected chi connectivity index (χ1v) is 7.55. The number of carbonyl (C=O) groups is 1. The Balaban J connectivity index is 1.99. The predicted octanol–water partition coefficient (Wildman–Crippen LogP) is 1.70. The number of aromatic nitrogens is 5. The molecule has 1 atom stereocenters. The summed E-state index contributed by atoms with van der Waals surface area (Å²) in [4.78, 5) is 16.7. The molecule has 23 heavy (non-hydrogen) atoms. The quantitative estimate of drug-likeness (QED) is 0.663. The molecule has 2 aromatic heterocycles. The zero-order valence-electron chi connectivity index (χ0n) is 13.1. The predicted molar refractivity (Wildman–Crippen MR) is 82.4 cm³/mol. The summed E-state index contributed by atoms with van der Waals surface area (Å²) < 4.78 is 6.97. The number of hydrogen-bond donors (Lipinski definition) is 1. The third kappa shape index (κ3) is 2.92.